The first-order valence-corrected chi connectivity index (χ1v) is 7.80. The first kappa shape index (κ1) is 14.8. The molecule has 0 bridgehead atoms. The van der Waals surface area contributed by atoms with E-state index < -0.39 is 11.5 Å². The van der Waals surface area contributed by atoms with E-state index in [-0.39, 0.29) is 0 Å². The molecule has 2 atom stereocenters. The molecule has 1 N–H and O–H groups in total. The summed E-state index contributed by atoms with van der Waals surface area (Å²) in [5, 5.41) is 9.61. The van der Waals surface area contributed by atoms with Crippen molar-refractivity contribution in [2.75, 3.05) is 26.2 Å². The molecule has 2 aliphatic rings. The van der Waals surface area contributed by atoms with Crippen LogP contribution in [0.15, 0.2) is 0 Å². The zero-order chi connectivity index (χ0) is 13.9. The molecular formula is C15H28N2O2. The number of aliphatic carboxylic acids is 1. The fourth-order valence-corrected chi connectivity index (χ4v) is 3.72. The number of carboxylic acid groups (broad SMARTS) is 1. The second kappa shape index (κ2) is 6.23. The number of carboxylic acids is 1. The van der Waals surface area contributed by atoms with E-state index in [4.69, 9.17) is 0 Å². The summed E-state index contributed by atoms with van der Waals surface area (Å²) in [6.07, 6.45) is 6.47. The highest BCUT2D eigenvalue weighted by Crippen LogP contribution is 2.33. The molecule has 4 nitrogen and oxygen atoms in total. The second-order valence-electron chi connectivity index (χ2n) is 6.25. The van der Waals surface area contributed by atoms with Crippen molar-refractivity contribution in [3.05, 3.63) is 0 Å². The van der Waals surface area contributed by atoms with Gasteiger partial charge in [0.1, 0.15) is 5.54 Å². The number of carbonyl (C=O) groups is 1. The Morgan fingerprint density at radius 1 is 1.21 bits per heavy atom. The van der Waals surface area contributed by atoms with Gasteiger partial charge in [-0.15, -0.1) is 0 Å². The van der Waals surface area contributed by atoms with E-state index in [2.05, 4.69) is 16.7 Å². The molecule has 0 aliphatic carbocycles. The summed E-state index contributed by atoms with van der Waals surface area (Å²) < 4.78 is 0. The molecule has 0 saturated carbocycles. The lowest BCUT2D eigenvalue weighted by molar-refractivity contribution is -0.155. The Hall–Kier alpha value is -0.610. The average molecular weight is 268 g/mol. The van der Waals surface area contributed by atoms with Gasteiger partial charge in [-0.1, -0.05) is 6.92 Å². The number of hydrogen-bond acceptors (Lipinski definition) is 3. The lowest BCUT2D eigenvalue weighted by Gasteiger charge is -2.46. The van der Waals surface area contributed by atoms with Gasteiger partial charge in [-0.3, -0.25) is 9.69 Å². The molecule has 4 heteroatoms. The number of nitrogens with zero attached hydrogens (tertiary/aromatic N) is 2. The third-order valence-corrected chi connectivity index (χ3v) is 5.09. The summed E-state index contributed by atoms with van der Waals surface area (Å²) in [7, 11) is 0. The highest BCUT2D eigenvalue weighted by molar-refractivity contribution is 5.78. The molecule has 2 heterocycles. The van der Waals surface area contributed by atoms with Crippen molar-refractivity contribution in [3.8, 4) is 0 Å². The van der Waals surface area contributed by atoms with Gasteiger partial charge in [-0.25, -0.2) is 0 Å². The van der Waals surface area contributed by atoms with E-state index in [1.165, 1.54) is 13.0 Å². The summed E-state index contributed by atoms with van der Waals surface area (Å²) in [4.78, 5) is 16.5. The Balaban J connectivity index is 2.07. The van der Waals surface area contributed by atoms with Gasteiger partial charge in [0.25, 0.3) is 0 Å². The van der Waals surface area contributed by atoms with Crippen molar-refractivity contribution in [1.82, 2.24) is 9.80 Å². The van der Waals surface area contributed by atoms with Gasteiger partial charge in [-0.2, -0.15) is 0 Å². The smallest absolute Gasteiger partial charge is 0.323 e. The molecule has 2 unspecified atom stereocenters. The van der Waals surface area contributed by atoms with E-state index >= 15 is 0 Å². The average Bonchev–Trinajstić information content (AvgIpc) is 2.64. The quantitative estimate of drug-likeness (QED) is 0.852. The highest BCUT2D eigenvalue weighted by Gasteiger charge is 2.44. The monoisotopic (exact) mass is 268 g/mol. The maximum Gasteiger partial charge on any atom is 0.323 e. The molecule has 0 radical (unpaired) electrons. The van der Waals surface area contributed by atoms with Crippen LogP contribution in [-0.2, 0) is 4.79 Å². The summed E-state index contributed by atoms with van der Waals surface area (Å²) >= 11 is 0. The van der Waals surface area contributed by atoms with Crippen LogP contribution in [0.1, 0.15) is 52.4 Å². The maximum atomic E-state index is 11.7. The van der Waals surface area contributed by atoms with E-state index in [9.17, 15) is 9.90 Å². The molecule has 2 saturated heterocycles. The fraction of sp³-hybridized carbons (Fsp3) is 0.933. The van der Waals surface area contributed by atoms with Crippen LogP contribution >= 0.6 is 0 Å². The number of piperidine rings is 1. The SMILES string of the molecule is CCN1CCCC(N2CCCCC2(C)C(=O)O)CC1. The molecule has 2 aliphatic heterocycles. The minimum absolute atomic E-state index is 0.456. The third-order valence-electron chi connectivity index (χ3n) is 5.09. The molecule has 0 spiro atoms. The highest BCUT2D eigenvalue weighted by atomic mass is 16.4. The Kier molecular flexibility index (Phi) is 4.85. The Morgan fingerprint density at radius 3 is 2.68 bits per heavy atom. The zero-order valence-electron chi connectivity index (χ0n) is 12.4. The molecule has 2 rings (SSSR count). The van der Waals surface area contributed by atoms with Crippen molar-refractivity contribution in [2.24, 2.45) is 0 Å². The normalized spacial score (nSPS) is 34.9. The first-order chi connectivity index (χ1) is 9.08. The summed E-state index contributed by atoms with van der Waals surface area (Å²) in [6, 6.07) is 0.456. The van der Waals surface area contributed by atoms with Crippen molar-refractivity contribution >= 4 is 5.97 Å². The molecule has 2 fully saturated rings. The van der Waals surface area contributed by atoms with Gasteiger partial charge < -0.3 is 10.0 Å². The van der Waals surface area contributed by atoms with E-state index in [0.29, 0.717) is 6.04 Å². The molecule has 110 valence electrons. The summed E-state index contributed by atoms with van der Waals surface area (Å²) in [6.45, 7) is 8.50. The lowest BCUT2D eigenvalue weighted by Crippen LogP contribution is -2.59. The van der Waals surface area contributed by atoms with Crippen molar-refractivity contribution in [3.63, 3.8) is 0 Å². The van der Waals surface area contributed by atoms with Gasteiger partial charge in [-0.05, 0) is 71.6 Å². The van der Waals surface area contributed by atoms with E-state index in [1.807, 2.05) is 6.92 Å². The van der Waals surface area contributed by atoms with Crippen LogP contribution < -0.4 is 0 Å². The number of rotatable bonds is 3. The van der Waals surface area contributed by atoms with Crippen LogP contribution in [0.4, 0.5) is 0 Å². The van der Waals surface area contributed by atoms with Gasteiger partial charge >= 0.3 is 5.97 Å². The summed E-state index contributed by atoms with van der Waals surface area (Å²) in [5.74, 6) is -0.635. The van der Waals surface area contributed by atoms with Gasteiger partial charge in [0, 0.05) is 6.04 Å². The van der Waals surface area contributed by atoms with E-state index in [1.54, 1.807) is 0 Å². The number of hydrogen-bond donors (Lipinski definition) is 1. The van der Waals surface area contributed by atoms with Gasteiger partial charge in [0.2, 0.25) is 0 Å². The van der Waals surface area contributed by atoms with E-state index in [0.717, 1.165) is 51.7 Å². The predicted molar refractivity (Wildman–Crippen MR) is 76.4 cm³/mol. The third kappa shape index (κ3) is 3.11. The fourth-order valence-electron chi connectivity index (χ4n) is 3.72. The molecule has 0 aromatic heterocycles. The topological polar surface area (TPSA) is 43.8 Å². The maximum absolute atomic E-state index is 11.7. The van der Waals surface area contributed by atoms with Crippen LogP contribution in [0.5, 0.6) is 0 Å². The number of likely N-dealkylation sites (tertiary alicyclic amines) is 2. The zero-order valence-corrected chi connectivity index (χ0v) is 12.4. The standard InChI is InChI=1S/C15H28N2O2/c1-3-16-10-6-7-13(8-12-16)17-11-5-4-9-15(17,2)14(18)19/h13H,3-12H2,1-2H3,(H,18,19). The predicted octanol–water partition coefficient (Wildman–Crippen LogP) is 2.19. The molecule has 19 heavy (non-hydrogen) atoms. The van der Waals surface area contributed by atoms with Crippen molar-refractivity contribution < 1.29 is 9.90 Å². The van der Waals surface area contributed by atoms with Crippen LogP contribution in [0.3, 0.4) is 0 Å². The lowest BCUT2D eigenvalue weighted by atomic mass is 9.85. The second-order valence-corrected chi connectivity index (χ2v) is 6.25. The largest absolute Gasteiger partial charge is 0.480 e. The van der Waals surface area contributed by atoms with Crippen LogP contribution in [0.25, 0.3) is 0 Å². The van der Waals surface area contributed by atoms with Crippen LogP contribution in [0.2, 0.25) is 0 Å². The van der Waals surface area contributed by atoms with Crippen molar-refractivity contribution in [2.45, 2.75) is 64.0 Å². The molecular weight excluding hydrogens is 240 g/mol. The molecule has 0 aromatic carbocycles. The molecule has 0 amide bonds. The first-order valence-electron chi connectivity index (χ1n) is 7.80. The van der Waals surface area contributed by atoms with Crippen molar-refractivity contribution in [1.29, 1.82) is 0 Å². The molecule has 0 aromatic rings. The van der Waals surface area contributed by atoms with Gasteiger partial charge in [0.15, 0.2) is 0 Å². The van der Waals surface area contributed by atoms with Crippen LogP contribution in [-0.4, -0.2) is 58.6 Å². The summed E-state index contributed by atoms with van der Waals surface area (Å²) in [5.41, 5.74) is -0.635. The Labute approximate surface area is 116 Å². The minimum atomic E-state index is -0.635. The van der Waals surface area contributed by atoms with Crippen LogP contribution in [0, 0.1) is 0 Å². The Bertz CT molecular complexity index is 321. The van der Waals surface area contributed by atoms with Gasteiger partial charge in [0.05, 0.1) is 0 Å². The Morgan fingerprint density at radius 2 is 2.00 bits per heavy atom. The minimum Gasteiger partial charge on any atom is -0.480 e.